The highest BCUT2D eigenvalue weighted by Gasteiger charge is 2.46. The van der Waals surface area contributed by atoms with Gasteiger partial charge in [0.05, 0.1) is 12.0 Å². The summed E-state index contributed by atoms with van der Waals surface area (Å²) in [6.07, 6.45) is 2.26. The first-order valence-electron chi connectivity index (χ1n) is 24.8. The summed E-state index contributed by atoms with van der Waals surface area (Å²) < 4.78 is 27.2. The maximum Gasteiger partial charge on any atom is 0.408 e. The number of rotatable bonds is 21. The van der Waals surface area contributed by atoms with Gasteiger partial charge in [0, 0.05) is 30.2 Å². The Kier molecular flexibility index (Phi) is 20.8. The number of hydroxylamine groups is 2. The molecule has 4 rings (SSSR count). The molecule has 2 heterocycles. The number of amides is 6. The van der Waals surface area contributed by atoms with Crippen LogP contribution in [0.3, 0.4) is 0 Å². The first-order chi connectivity index (χ1) is 32.8. The largest absolute Gasteiger partial charge is 0.445 e. The van der Waals surface area contributed by atoms with E-state index in [1.165, 1.54) is 16.0 Å². The van der Waals surface area contributed by atoms with Gasteiger partial charge in [0.2, 0.25) is 23.6 Å². The Morgan fingerprint density at radius 3 is 2.00 bits per heavy atom. The molecule has 5 atom stereocenters. The van der Waals surface area contributed by atoms with Crippen molar-refractivity contribution in [3.05, 3.63) is 83.7 Å². The number of nitrogens with zero attached hydrogens (tertiary/aromatic N) is 2. The third-order valence-electron chi connectivity index (χ3n) is 12.6. The van der Waals surface area contributed by atoms with Gasteiger partial charge in [-0.15, -0.1) is 0 Å². The fourth-order valence-electron chi connectivity index (χ4n) is 9.33. The van der Waals surface area contributed by atoms with Crippen molar-refractivity contribution >= 4 is 35.8 Å². The Hall–Kier alpha value is -5.55. The Labute approximate surface area is 414 Å². The zero-order valence-electron chi connectivity index (χ0n) is 43.2. The average molecular weight is 978 g/mol. The molecule has 0 aliphatic carbocycles. The lowest BCUT2D eigenvalue weighted by molar-refractivity contribution is -0.246. The number of hydrogen-bond acceptors (Lipinski definition) is 10. The molecule has 2 aromatic carbocycles. The summed E-state index contributed by atoms with van der Waals surface area (Å²) in [5, 5.41) is 26.4. The molecule has 0 saturated carbocycles. The number of carbonyl (C=O) groups is 6. The number of halogens is 1. The van der Waals surface area contributed by atoms with E-state index < -0.39 is 94.3 Å². The van der Waals surface area contributed by atoms with Crippen LogP contribution >= 0.6 is 0 Å². The Balaban J connectivity index is 1.52. The minimum atomic E-state index is -1.12. The van der Waals surface area contributed by atoms with Crippen molar-refractivity contribution in [1.82, 2.24) is 36.5 Å². The van der Waals surface area contributed by atoms with E-state index >= 15 is 4.39 Å². The Bertz CT molecular complexity index is 2080. The third kappa shape index (κ3) is 17.7. The lowest BCUT2D eigenvalue weighted by Crippen LogP contribution is -2.64. The van der Waals surface area contributed by atoms with Crippen LogP contribution in [0.25, 0.3) is 0 Å². The van der Waals surface area contributed by atoms with Crippen LogP contribution in [0.4, 0.5) is 14.0 Å². The van der Waals surface area contributed by atoms with Gasteiger partial charge in [-0.1, -0.05) is 88.4 Å². The minimum Gasteiger partial charge on any atom is -0.445 e. The van der Waals surface area contributed by atoms with Gasteiger partial charge in [0.15, 0.2) is 0 Å². The molecule has 388 valence electrons. The predicted molar refractivity (Wildman–Crippen MR) is 266 cm³/mol. The molecule has 0 unspecified atom stereocenters. The quantitative estimate of drug-likeness (QED) is 0.0680. The van der Waals surface area contributed by atoms with E-state index in [0.29, 0.717) is 25.7 Å². The summed E-state index contributed by atoms with van der Waals surface area (Å²) in [6.45, 7) is 20.4. The van der Waals surface area contributed by atoms with Crippen LogP contribution in [0.1, 0.15) is 132 Å². The molecule has 0 bridgehead atoms. The molecule has 2 fully saturated rings. The number of piperidine rings is 1. The molecule has 70 heavy (non-hydrogen) atoms. The maximum absolute atomic E-state index is 16.5. The van der Waals surface area contributed by atoms with Crippen molar-refractivity contribution in [3.8, 4) is 0 Å². The maximum atomic E-state index is 16.5. The molecule has 0 spiro atoms. The number of alkyl carbamates (subject to hydrolysis) is 2. The molecular weight excluding hydrogens is 898 g/mol. The lowest BCUT2D eigenvalue weighted by Gasteiger charge is -2.51. The van der Waals surface area contributed by atoms with Gasteiger partial charge in [-0.05, 0) is 129 Å². The summed E-state index contributed by atoms with van der Waals surface area (Å²) in [6, 6.07) is 13.8. The topological polar surface area (TPSA) is 208 Å². The van der Waals surface area contributed by atoms with E-state index in [1.54, 1.807) is 34.6 Å². The van der Waals surface area contributed by atoms with Crippen molar-refractivity contribution in [2.24, 2.45) is 17.8 Å². The summed E-state index contributed by atoms with van der Waals surface area (Å²) in [5.74, 6) is -4.32. The second-order valence-corrected chi connectivity index (χ2v) is 21.8. The third-order valence-corrected chi connectivity index (χ3v) is 12.6. The summed E-state index contributed by atoms with van der Waals surface area (Å²) in [7, 11) is 0. The monoisotopic (exact) mass is 978 g/mol. The fraction of sp³-hybridized carbons (Fsp3) is 0.623. The number of hydrogen-bond donors (Lipinski definition) is 6. The van der Waals surface area contributed by atoms with Gasteiger partial charge in [0.25, 0.3) is 0 Å². The number of benzene rings is 2. The molecule has 6 N–H and O–H groups in total. The smallest absolute Gasteiger partial charge is 0.408 e. The first-order valence-corrected chi connectivity index (χ1v) is 24.8. The van der Waals surface area contributed by atoms with Gasteiger partial charge >= 0.3 is 12.2 Å². The van der Waals surface area contributed by atoms with Crippen LogP contribution in [-0.2, 0) is 41.7 Å². The standard InChI is InChI=1S/C53H80FN7O9/c1-34(2)28-42(58-50(67)70-51(5,6)7)40(54)30-38(29-36-20-14-12-15-21-36)48(65)60-27-19-25-43(60)46(63)59-44(35(3)4)47(64)57-41(24-18-26-55-49(66)69-33-37-22-16-13-17-23-37)45(62)56-39-31-52(8,9)61(68)53(10,11)32-39/h12-17,20-23,30,34-35,38-39,41-44,68H,18-19,24-29,31-33H2,1-11H3,(H,55,66)(H,56,62)(H,57,64)(H,58,67)(H,59,63)/b40-30-/t38-,41+,42-,43-,44-/m0/s1. The van der Waals surface area contributed by atoms with E-state index in [-0.39, 0.29) is 57.3 Å². The highest BCUT2D eigenvalue weighted by Crippen LogP contribution is 2.37. The van der Waals surface area contributed by atoms with Gasteiger partial charge in [0.1, 0.15) is 36.2 Å². The minimum absolute atomic E-state index is 0.0204. The molecule has 2 aliphatic rings. The Morgan fingerprint density at radius 1 is 0.829 bits per heavy atom. The molecule has 16 nitrogen and oxygen atoms in total. The summed E-state index contributed by atoms with van der Waals surface area (Å²) in [4.78, 5) is 84.1. The summed E-state index contributed by atoms with van der Waals surface area (Å²) in [5.41, 5.74) is -0.543. The molecule has 6 amide bonds. The molecule has 2 saturated heterocycles. The van der Waals surface area contributed by atoms with E-state index in [9.17, 15) is 34.0 Å². The van der Waals surface area contributed by atoms with Crippen molar-refractivity contribution in [3.63, 3.8) is 0 Å². The molecule has 17 heteroatoms. The number of likely N-dealkylation sites (tertiary alicyclic amines) is 1. The fourth-order valence-corrected chi connectivity index (χ4v) is 9.33. The van der Waals surface area contributed by atoms with Crippen LogP contribution in [0.15, 0.2) is 72.6 Å². The second-order valence-electron chi connectivity index (χ2n) is 21.8. The van der Waals surface area contributed by atoms with Crippen LogP contribution in [0.2, 0.25) is 0 Å². The van der Waals surface area contributed by atoms with E-state index in [0.717, 1.165) is 11.1 Å². The molecule has 0 radical (unpaired) electrons. The first kappa shape index (κ1) is 57.0. The van der Waals surface area contributed by atoms with Crippen molar-refractivity contribution in [2.45, 2.75) is 181 Å². The van der Waals surface area contributed by atoms with Crippen LogP contribution in [-0.4, -0.2) is 111 Å². The molecule has 2 aromatic rings. The van der Waals surface area contributed by atoms with E-state index in [4.69, 9.17) is 9.47 Å². The van der Waals surface area contributed by atoms with Crippen LogP contribution in [0.5, 0.6) is 0 Å². The van der Waals surface area contributed by atoms with Gasteiger partial charge < -0.3 is 46.2 Å². The van der Waals surface area contributed by atoms with Gasteiger partial charge in [-0.25, -0.2) is 14.0 Å². The Morgan fingerprint density at radius 2 is 1.43 bits per heavy atom. The van der Waals surface area contributed by atoms with Crippen molar-refractivity contribution < 1.29 is 47.8 Å². The van der Waals surface area contributed by atoms with E-state index in [2.05, 4.69) is 26.6 Å². The zero-order valence-corrected chi connectivity index (χ0v) is 43.2. The zero-order chi connectivity index (χ0) is 52.0. The number of ether oxygens (including phenoxy) is 2. The lowest BCUT2D eigenvalue weighted by atomic mass is 9.79. The SMILES string of the molecule is CC(C)C[C@H](NC(=O)OC(C)(C)C)/C(F)=C/[C@H](Cc1ccccc1)C(=O)N1CCC[C@H]1C(=O)N[C@H](C(=O)N[C@H](CCCNC(=O)OCc1ccccc1)C(=O)NC1CC(C)(C)N(O)C(C)(C)C1)C(C)C. The van der Waals surface area contributed by atoms with Gasteiger partial charge in [-0.2, -0.15) is 5.06 Å². The predicted octanol–water partition coefficient (Wildman–Crippen LogP) is 7.49. The molecule has 0 aromatic heterocycles. The average Bonchev–Trinajstić information content (AvgIpc) is 3.77. The normalized spacial score (nSPS) is 19.1. The van der Waals surface area contributed by atoms with E-state index in [1.807, 2.05) is 102 Å². The van der Waals surface area contributed by atoms with Gasteiger partial charge in [-0.3, -0.25) is 19.2 Å². The molecule has 2 aliphatic heterocycles. The number of nitrogens with one attached hydrogen (secondary N) is 5. The van der Waals surface area contributed by atoms with Crippen molar-refractivity contribution in [2.75, 3.05) is 13.1 Å². The van der Waals surface area contributed by atoms with Crippen LogP contribution in [0, 0.1) is 17.8 Å². The molecular formula is C53H80FN7O9. The van der Waals surface area contributed by atoms with Crippen LogP contribution < -0.4 is 26.6 Å². The van der Waals surface area contributed by atoms with Crippen molar-refractivity contribution in [1.29, 1.82) is 0 Å². The summed E-state index contributed by atoms with van der Waals surface area (Å²) >= 11 is 0. The number of carbonyl (C=O) groups excluding carboxylic acids is 6. The highest BCUT2D eigenvalue weighted by atomic mass is 19.1. The highest BCUT2D eigenvalue weighted by molar-refractivity contribution is 5.95. The second kappa shape index (κ2) is 25.5.